The topological polar surface area (TPSA) is 46.8 Å². The molecule has 1 atom stereocenters. The molecule has 3 rings (SSSR count). The van der Waals surface area contributed by atoms with Gasteiger partial charge >= 0.3 is 0 Å². The molecule has 108 valence electrons. The lowest BCUT2D eigenvalue weighted by Gasteiger charge is -2.23. The molecule has 1 saturated heterocycles. The molecule has 0 aliphatic carbocycles. The summed E-state index contributed by atoms with van der Waals surface area (Å²) in [4.78, 5) is 12.7. The molecule has 0 spiro atoms. The van der Waals surface area contributed by atoms with Gasteiger partial charge in [0, 0.05) is 23.7 Å². The van der Waals surface area contributed by atoms with Crippen molar-refractivity contribution in [2.24, 2.45) is 0 Å². The lowest BCUT2D eigenvalue weighted by molar-refractivity contribution is 0.219. The van der Waals surface area contributed by atoms with E-state index in [1.54, 1.807) is 11.3 Å². The molecule has 0 radical (unpaired) electrons. The van der Waals surface area contributed by atoms with E-state index < -0.39 is 0 Å². The minimum absolute atomic E-state index is 0.567. The lowest BCUT2D eigenvalue weighted by atomic mass is 10.2. The number of aromatic nitrogens is 4. The van der Waals surface area contributed by atoms with Crippen LogP contribution in [0, 0.1) is 20.8 Å². The second-order valence-corrected chi connectivity index (χ2v) is 6.82. The van der Waals surface area contributed by atoms with Crippen LogP contribution in [0.5, 0.6) is 0 Å². The first-order valence-electron chi connectivity index (χ1n) is 7.15. The van der Waals surface area contributed by atoms with Gasteiger partial charge in [0.1, 0.15) is 11.6 Å². The van der Waals surface area contributed by atoms with Crippen molar-refractivity contribution in [1.82, 2.24) is 24.6 Å². The molecular weight excluding hydrogens is 270 g/mol. The SMILES string of the molecule is Cc1nc(C)n(CC2CCCN2Cc2cnc(C)s2)n1. The van der Waals surface area contributed by atoms with Crippen molar-refractivity contribution in [3.8, 4) is 0 Å². The van der Waals surface area contributed by atoms with E-state index in [-0.39, 0.29) is 0 Å². The van der Waals surface area contributed by atoms with Crippen molar-refractivity contribution in [2.75, 3.05) is 6.54 Å². The number of thiazole rings is 1. The van der Waals surface area contributed by atoms with Gasteiger partial charge in [-0.2, -0.15) is 5.10 Å². The van der Waals surface area contributed by atoms with Gasteiger partial charge in [-0.15, -0.1) is 11.3 Å². The summed E-state index contributed by atoms with van der Waals surface area (Å²) < 4.78 is 2.05. The van der Waals surface area contributed by atoms with Gasteiger partial charge < -0.3 is 0 Å². The minimum Gasteiger partial charge on any atom is -0.293 e. The molecule has 0 bridgehead atoms. The van der Waals surface area contributed by atoms with Crippen LogP contribution in [-0.2, 0) is 13.1 Å². The zero-order valence-corrected chi connectivity index (χ0v) is 13.2. The van der Waals surface area contributed by atoms with E-state index in [0.29, 0.717) is 6.04 Å². The van der Waals surface area contributed by atoms with Crippen molar-refractivity contribution in [3.63, 3.8) is 0 Å². The van der Waals surface area contributed by atoms with E-state index in [4.69, 9.17) is 0 Å². The Hall–Kier alpha value is -1.27. The van der Waals surface area contributed by atoms with Crippen LogP contribution in [0.3, 0.4) is 0 Å². The van der Waals surface area contributed by atoms with Crippen molar-refractivity contribution in [2.45, 2.75) is 52.7 Å². The second kappa shape index (κ2) is 5.61. The largest absolute Gasteiger partial charge is 0.293 e. The maximum Gasteiger partial charge on any atom is 0.147 e. The predicted molar refractivity (Wildman–Crippen MR) is 79.8 cm³/mol. The molecule has 2 aromatic heterocycles. The van der Waals surface area contributed by atoms with Gasteiger partial charge in [-0.25, -0.2) is 14.6 Å². The number of likely N-dealkylation sites (tertiary alicyclic amines) is 1. The van der Waals surface area contributed by atoms with Crippen LogP contribution in [0.25, 0.3) is 0 Å². The van der Waals surface area contributed by atoms with Gasteiger partial charge in [-0.3, -0.25) is 4.90 Å². The monoisotopic (exact) mass is 291 g/mol. The molecule has 20 heavy (non-hydrogen) atoms. The Balaban J connectivity index is 1.67. The summed E-state index contributed by atoms with van der Waals surface area (Å²) in [6.07, 6.45) is 4.53. The Labute approximate surface area is 123 Å². The van der Waals surface area contributed by atoms with Gasteiger partial charge in [0.05, 0.1) is 11.6 Å². The van der Waals surface area contributed by atoms with E-state index in [0.717, 1.165) is 29.7 Å². The highest BCUT2D eigenvalue weighted by Crippen LogP contribution is 2.23. The van der Waals surface area contributed by atoms with E-state index >= 15 is 0 Å². The van der Waals surface area contributed by atoms with E-state index in [9.17, 15) is 0 Å². The van der Waals surface area contributed by atoms with Crippen molar-refractivity contribution in [3.05, 3.63) is 27.7 Å². The van der Waals surface area contributed by atoms with Gasteiger partial charge in [0.2, 0.25) is 0 Å². The normalized spacial score (nSPS) is 19.9. The average Bonchev–Trinajstić information content (AvgIpc) is 3.05. The summed E-state index contributed by atoms with van der Waals surface area (Å²) in [5.74, 6) is 1.88. The van der Waals surface area contributed by atoms with Gasteiger partial charge in [-0.1, -0.05) is 0 Å². The highest BCUT2D eigenvalue weighted by atomic mass is 32.1. The first kappa shape index (κ1) is 13.7. The summed E-state index contributed by atoms with van der Waals surface area (Å²) in [6.45, 7) is 9.20. The molecule has 1 fully saturated rings. The van der Waals surface area contributed by atoms with Crippen LogP contribution in [0.1, 0.15) is 34.4 Å². The molecule has 0 amide bonds. The van der Waals surface area contributed by atoms with Crippen molar-refractivity contribution < 1.29 is 0 Å². The van der Waals surface area contributed by atoms with E-state index in [1.165, 1.54) is 24.3 Å². The number of aryl methyl sites for hydroxylation is 3. The Morgan fingerprint density at radius 1 is 1.35 bits per heavy atom. The third-order valence-electron chi connectivity index (χ3n) is 3.87. The highest BCUT2D eigenvalue weighted by molar-refractivity contribution is 7.11. The summed E-state index contributed by atoms with van der Waals surface area (Å²) >= 11 is 1.80. The third kappa shape index (κ3) is 2.91. The van der Waals surface area contributed by atoms with Crippen LogP contribution in [-0.4, -0.2) is 37.2 Å². The number of rotatable bonds is 4. The Morgan fingerprint density at radius 2 is 2.20 bits per heavy atom. The minimum atomic E-state index is 0.567. The number of hydrogen-bond acceptors (Lipinski definition) is 5. The quantitative estimate of drug-likeness (QED) is 0.867. The van der Waals surface area contributed by atoms with E-state index in [1.807, 2.05) is 20.0 Å². The van der Waals surface area contributed by atoms with Crippen LogP contribution in [0.2, 0.25) is 0 Å². The predicted octanol–water partition coefficient (Wildman–Crippen LogP) is 2.32. The fourth-order valence-corrected chi connectivity index (χ4v) is 3.74. The molecule has 0 saturated carbocycles. The van der Waals surface area contributed by atoms with Crippen LogP contribution in [0.4, 0.5) is 0 Å². The lowest BCUT2D eigenvalue weighted by Crippen LogP contribution is -2.32. The van der Waals surface area contributed by atoms with Gasteiger partial charge in [0.15, 0.2) is 0 Å². The zero-order valence-electron chi connectivity index (χ0n) is 12.3. The Morgan fingerprint density at radius 3 is 2.85 bits per heavy atom. The molecule has 1 unspecified atom stereocenters. The molecule has 3 heterocycles. The number of nitrogens with zero attached hydrogens (tertiary/aromatic N) is 5. The molecule has 5 nitrogen and oxygen atoms in total. The molecule has 0 N–H and O–H groups in total. The molecular formula is C14H21N5S. The Kier molecular flexibility index (Phi) is 3.85. The van der Waals surface area contributed by atoms with Crippen LogP contribution < -0.4 is 0 Å². The standard InChI is InChI=1S/C14H21N5S/c1-10-16-11(2)19(17-10)8-13-5-4-6-18(13)9-14-7-15-12(3)20-14/h7,13H,4-6,8-9H2,1-3H3. The summed E-state index contributed by atoms with van der Waals surface area (Å²) in [5, 5.41) is 5.64. The summed E-state index contributed by atoms with van der Waals surface area (Å²) in [5.41, 5.74) is 0. The molecule has 1 aliphatic rings. The van der Waals surface area contributed by atoms with Crippen LogP contribution in [0.15, 0.2) is 6.20 Å². The maximum atomic E-state index is 4.49. The molecule has 1 aliphatic heterocycles. The fourth-order valence-electron chi connectivity index (χ4n) is 2.92. The maximum absolute atomic E-state index is 4.49. The van der Waals surface area contributed by atoms with Crippen molar-refractivity contribution in [1.29, 1.82) is 0 Å². The fraction of sp³-hybridized carbons (Fsp3) is 0.643. The Bertz CT molecular complexity index is 588. The average molecular weight is 291 g/mol. The van der Waals surface area contributed by atoms with Crippen LogP contribution >= 0.6 is 11.3 Å². The molecule has 6 heteroatoms. The summed E-state index contributed by atoms with van der Waals surface area (Å²) in [6, 6.07) is 0.567. The van der Waals surface area contributed by atoms with Crippen molar-refractivity contribution >= 4 is 11.3 Å². The third-order valence-corrected chi connectivity index (χ3v) is 4.77. The summed E-state index contributed by atoms with van der Waals surface area (Å²) in [7, 11) is 0. The van der Waals surface area contributed by atoms with Gasteiger partial charge in [0.25, 0.3) is 0 Å². The zero-order chi connectivity index (χ0) is 14.1. The van der Waals surface area contributed by atoms with E-state index in [2.05, 4.69) is 31.6 Å². The highest BCUT2D eigenvalue weighted by Gasteiger charge is 2.26. The molecule has 0 aromatic carbocycles. The second-order valence-electron chi connectivity index (χ2n) is 5.50. The van der Waals surface area contributed by atoms with Gasteiger partial charge in [-0.05, 0) is 40.2 Å². The number of hydrogen-bond donors (Lipinski definition) is 0. The smallest absolute Gasteiger partial charge is 0.147 e. The first-order valence-corrected chi connectivity index (χ1v) is 7.97. The first-order chi connectivity index (χ1) is 9.61. The molecule has 2 aromatic rings.